The molecule has 0 radical (unpaired) electrons. The minimum atomic E-state index is 0.544. The van der Waals surface area contributed by atoms with Crippen LogP contribution < -0.4 is 20.5 Å². The lowest BCUT2D eigenvalue weighted by atomic mass is 10.2. The molecule has 0 unspecified atom stereocenters. The van der Waals surface area contributed by atoms with E-state index >= 15 is 0 Å². The molecule has 0 heterocycles. The molecule has 102 valence electrons. The van der Waals surface area contributed by atoms with Crippen LogP contribution in [0.5, 0.6) is 11.5 Å². The van der Waals surface area contributed by atoms with E-state index < -0.39 is 0 Å². The molecule has 5 nitrogen and oxygen atoms in total. The molecule has 0 amide bonds. The lowest BCUT2D eigenvalue weighted by Gasteiger charge is -2.12. The van der Waals surface area contributed by atoms with E-state index in [1.807, 2.05) is 6.07 Å². The van der Waals surface area contributed by atoms with Gasteiger partial charge in [-0.25, -0.2) is 0 Å². The van der Waals surface area contributed by atoms with E-state index in [1.54, 1.807) is 44.6 Å². The second-order valence-corrected chi connectivity index (χ2v) is 4.11. The number of hydrogen-bond donors (Lipinski definition) is 2. The standard InChI is InChI=1S/C15H15N3O2/c1-19-14-6-4-11(8-15(14)20-2)18-13-7-10(9-16)3-5-12(13)17/h3-8,18H,17H2,1-2H3. The van der Waals surface area contributed by atoms with Gasteiger partial charge in [-0.05, 0) is 30.3 Å². The van der Waals surface area contributed by atoms with Crippen LogP contribution in [0, 0.1) is 11.3 Å². The largest absolute Gasteiger partial charge is 0.493 e. The smallest absolute Gasteiger partial charge is 0.162 e. The van der Waals surface area contributed by atoms with Crippen molar-refractivity contribution >= 4 is 17.1 Å². The van der Waals surface area contributed by atoms with Gasteiger partial charge in [-0.1, -0.05) is 0 Å². The van der Waals surface area contributed by atoms with Crippen molar-refractivity contribution in [1.82, 2.24) is 0 Å². The molecule has 0 aromatic heterocycles. The van der Waals surface area contributed by atoms with Gasteiger partial charge in [0.15, 0.2) is 11.5 Å². The highest BCUT2D eigenvalue weighted by Gasteiger charge is 2.06. The van der Waals surface area contributed by atoms with Crippen molar-refractivity contribution < 1.29 is 9.47 Å². The Balaban J connectivity index is 2.33. The predicted molar refractivity (Wildman–Crippen MR) is 78.4 cm³/mol. The molecule has 0 bridgehead atoms. The molecule has 0 saturated carbocycles. The number of methoxy groups -OCH3 is 2. The van der Waals surface area contributed by atoms with Gasteiger partial charge in [0.1, 0.15) is 0 Å². The number of hydrogen-bond acceptors (Lipinski definition) is 5. The van der Waals surface area contributed by atoms with Crippen molar-refractivity contribution in [2.45, 2.75) is 0 Å². The van der Waals surface area contributed by atoms with Gasteiger partial charge in [-0.15, -0.1) is 0 Å². The molecule has 0 fully saturated rings. The molecule has 0 aliphatic heterocycles. The first kappa shape index (κ1) is 13.6. The Morgan fingerprint density at radius 3 is 2.45 bits per heavy atom. The Kier molecular flexibility index (Phi) is 3.96. The first-order chi connectivity index (χ1) is 9.67. The van der Waals surface area contributed by atoms with Gasteiger partial charge >= 0.3 is 0 Å². The Morgan fingerprint density at radius 2 is 1.80 bits per heavy atom. The number of rotatable bonds is 4. The molecule has 0 saturated heterocycles. The lowest BCUT2D eigenvalue weighted by molar-refractivity contribution is 0.355. The van der Waals surface area contributed by atoms with Crippen LogP contribution in [-0.4, -0.2) is 14.2 Å². The van der Waals surface area contributed by atoms with Crippen molar-refractivity contribution in [3.8, 4) is 17.6 Å². The monoisotopic (exact) mass is 269 g/mol. The number of nitrogens with two attached hydrogens (primary N) is 1. The highest BCUT2D eigenvalue weighted by molar-refractivity contribution is 5.75. The van der Waals surface area contributed by atoms with Gasteiger partial charge in [0.25, 0.3) is 0 Å². The van der Waals surface area contributed by atoms with Crippen LogP contribution in [0.2, 0.25) is 0 Å². The first-order valence-electron chi connectivity index (χ1n) is 5.96. The van der Waals surface area contributed by atoms with E-state index in [1.165, 1.54) is 0 Å². The number of anilines is 3. The zero-order chi connectivity index (χ0) is 14.5. The van der Waals surface area contributed by atoms with Crippen LogP contribution in [0.15, 0.2) is 36.4 Å². The third-order valence-electron chi connectivity index (χ3n) is 2.84. The zero-order valence-corrected chi connectivity index (χ0v) is 11.3. The second kappa shape index (κ2) is 5.85. The van der Waals surface area contributed by atoms with E-state index in [4.69, 9.17) is 20.5 Å². The van der Waals surface area contributed by atoms with Crippen LogP contribution in [0.25, 0.3) is 0 Å². The molecular weight excluding hydrogens is 254 g/mol. The van der Waals surface area contributed by atoms with Crippen molar-refractivity contribution in [2.24, 2.45) is 0 Å². The number of ether oxygens (including phenoxy) is 2. The van der Waals surface area contributed by atoms with Crippen LogP contribution in [0.1, 0.15) is 5.56 Å². The Morgan fingerprint density at radius 1 is 1.05 bits per heavy atom. The maximum atomic E-state index is 8.91. The van der Waals surface area contributed by atoms with Gasteiger partial charge in [-0.3, -0.25) is 0 Å². The topological polar surface area (TPSA) is 80.3 Å². The highest BCUT2D eigenvalue weighted by Crippen LogP contribution is 2.32. The maximum absolute atomic E-state index is 8.91. The molecule has 2 aromatic rings. The Labute approximate surface area is 117 Å². The van der Waals surface area contributed by atoms with Crippen molar-refractivity contribution in [3.63, 3.8) is 0 Å². The molecule has 0 aliphatic carbocycles. The maximum Gasteiger partial charge on any atom is 0.162 e. The molecule has 2 aromatic carbocycles. The molecular formula is C15H15N3O2. The second-order valence-electron chi connectivity index (χ2n) is 4.11. The van der Waals surface area contributed by atoms with Crippen molar-refractivity contribution in [1.29, 1.82) is 5.26 Å². The van der Waals surface area contributed by atoms with Gasteiger partial charge in [-0.2, -0.15) is 5.26 Å². The SMILES string of the molecule is COc1ccc(Nc2cc(C#N)ccc2N)cc1OC. The van der Waals surface area contributed by atoms with E-state index in [9.17, 15) is 0 Å². The Bertz CT molecular complexity index is 663. The van der Waals surface area contributed by atoms with E-state index in [0.29, 0.717) is 28.4 Å². The summed E-state index contributed by atoms with van der Waals surface area (Å²) < 4.78 is 10.4. The number of nitriles is 1. The summed E-state index contributed by atoms with van der Waals surface area (Å²) in [5.74, 6) is 1.27. The summed E-state index contributed by atoms with van der Waals surface area (Å²) in [6, 6.07) is 12.6. The summed E-state index contributed by atoms with van der Waals surface area (Å²) in [5.41, 5.74) is 8.48. The van der Waals surface area contributed by atoms with Crippen LogP contribution in [-0.2, 0) is 0 Å². The summed E-state index contributed by atoms with van der Waals surface area (Å²) in [5, 5.41) is 12.1. The van der Waals surface area contributed by atoms with Crippen molar-refractivity contribution in [2.75, 3.05) is 25.3 Å². The fraction of sp³-hybridized carbons (Fsp3) is 0.133. The van der Waals surface area contributed by atoms with Gasteiger partial charge in [0.2, 0.25) is 0 Å². The molecule has 3 N–H and O–H groups in total. The van der Waals surface area contributed by atoms with Crippen molar-refractivity contribution in [3.05, 3.63) is 42.0 Å². The number of nitrogen functional groups attached to an aromatic ring is 1. The van der Waals surface area contributed by atoms with E-state index in [0.717, 1.165) is 5.69 Å². The van der Waals surface area contributed by atoms with Crippen LogP contribution in [0.4, 0.5) is 17.1 Å². The molecule has 0 aliphatic rings. The van der Waals surface area contributed by atoms with E-state index in [2.05, 4.69) is 11.4 Å². The number of nitrogens with zero attached hydrogens (tertiary/aromatic N) is 1. The lowest BCUT2D eigenvalue weighted by Crippen LogP contribution is -1.98. The molecule has 20 heavy (non-hydrogen) atoms. The first-order valence-corrected chi connectivity index (χ1v) is 5.96. The van der Waals surface area contributed by atoms with E-state index in [-0.39, 0.29) is 0 Å². The summed E-state index contributed by atoms with van der Waals surface area (Å²) in [4.78, 5) is 0. The number of nitrogens with one attached hydrogen (secondary N) is 1. The quantitative estimate of drug-likeness (QED) is 0.834. The fourth-order valence-electron chi connectivity index (χ4n) is 1.80. The normalized spacial score (nSPS) is 9.65. The minimum absolute atomic E-state index is 0.544. The summed E-state index contributed by atoms with van der Waals surface area (Å²) in [6.07, 6.45) is 0. The van der Waals surface area contributed by atoms with Gasteiger partial charge < -0.3 is 20.5 Å². The highest BCUT2D eigenvalue weighted by atomic mass is 16.5. The average molecular weight is 269 g/mol. The average Bonchev–Trinajstić information content (AvgIpc) is 2.49. The molecule has 0 atom stereocenters. The van der Waals surface area contributed by atoms with Gasteiger partial charge in [0, 0.05) is 11.8 Å². The minimum Gasteiger partial charge on any atom is -0.493 e. The molecule has 0 spiro atoms. The summed E-state index contributed by atoms with van der Waals surface area (Å²) in [7, 11) is 3.16. The Hall–Kier alpha value is -2.87. The zero-order valence-electron chi connectivity index (χ0n) is 11.3. The number of benzene rings is 2. The van der Waals surface area contributed by atoms with Crippen LogP contribution >= 0.6 is 0 Å². The molecule has 5 heteroatoms. The fourth-order valence-corrected chi connectivity index (χ4v) is 1.80. The third kappa shape index (κ3) is 2.75. The molecule has 2 rings (SSSR count). The predicted octanol–water partition coefficient (Wildman–Crippen LogP) is 2.90. The summed E-state index contributed by atoms with van der Waals surface area (Å²) in [6.45, 7) is 0. The van der Waals surface area contributed by atoms with Gasteiger partial charge in [0.05, 0.1) is 37.2 Å². The summed E-state index contributed by atoms with van der Waals surface area (Å²) >= 11 is 0. The third-order valence-corrected chi connectivity index (χ3v) is 2.84. The van der Waals surface area contributed by atoms with Crippen LogP contribution in [0.3, 0.4) is 0 Å².